The molecule has 4 heterocycles. The number of ether oxygens (including phenoxy) is 1. The highest BCUT2D eigenvalue weighted by Gasteiger charge is 2.41. The quantitative estimate of drug-likeness (QED) is 0.367. The van der Waals surface area contributed by atoms with Crippen LogP contribution in [0.5, 0.6) is 5.88 Å². The normalized spacial score (nSPS) is 19.8. The molecule has 3 N–H and O–H groups in total. The smallest absolute Gasteiger partial charge is 0.256 e. The number of hydrogen-bond acceptors (Lipinski definition) is 7. The summed E-state index contributed by atoms with van der Waals surface area (Å²) < 4.78 is 33.2. The number of nitrogens with one attached hydrogen (secondary N) is 3. The van der Waals surface area contributed by atoms with E-state index in [0.717, 1.165) is 12.8 Å². The standard InChI is InChI=1S/C23H26F2N8O2/c1-11-27-16-6-5-15(29-20(16)33(11)10-17(24)25)14-9-26-19-18(14)21(35-4)31-22(30-19)28-13-7-23(3,8-13)32-12(2)34/h5-6,9,13,17H,7-8,10H2,1-4H3,(H,32,34)(H2,26,28,30,31)/t13-,23-. The van der Waals surface area contributed by atoms with Crippen LogP contribution in [0.3, 0.4) is 0 Å². The van der Waals surface area contributed by atoms with Crippen molar-refractivity contribution in [2.45, 2.75) is 58.2 Å². The lowest BCUT2D eigenvalue weighted by molar-refractivity contribution is -0.121. The van der Waals surface area contributed by atoms with E-state index in [-0.39, 0.29) is 17.5 Å². The Morgan fingerprint density at radius 3 is 2.74 bits per heavy atom. The number of nitrogens with zero attached hydrogens (tertiary/aromatic N) is 5. The second kappa shape index (κ2) is 8.43. The molecule has 4 aromatic rings. The molecule has 1 saturated carbocycles. The third-order valence-corrected chi connectivity index (χ3v) is 6.28. The Kier molecular flexibility index (Phi) is 5.53. The number of amides is 1. The zero-order valence-corrected chi connectivity index (χ0v) is 19.8. The SMILES string of the molecule is COc1nc(N[C@H]2C[C@](C)(NC(C)=O)C2)nc2[nH]cc(-c3ccc4nc(C)n(CC(F)F)c4n3)c12. The van der Waals surface area contributed by atoms with Gasteiger partial charge >= 0.3 is 0 Å². The third kappa shape index (κ3) is 4.24. The molecule has 184 valence electrons. The number of hydrogen-bond donors (Lipinski definition) is 3. The number of aromatic nitrogens is 6. The monoisotopic (exact) mass is 484 g/mol. The van der Waals surface area contributed by atoms with E-state index >= 15 is 0 Å². The zero-order valence-electron chi connectivity index (χ0n) is 19.8. The van der Waals surface area contributed by atoms with Crippen molar-refractivity contribution in [3.63, 3.8) is 0 Å². The van der Waals surface area contributed by atoms with Crippen molar-refractivity contribution in [2.24, 2.45) is 0 Å². The van der Waals surface area contributed by atoms with Crippen LogP contribution in [0.4, 0.5) is 14.7 Å². The van der Waals surface area contributed by atoms with Gasteiger partial charge in [0.1, 0.15) is 17.0 Å². The second-order valence-corrected chi connectivity index (χ2v) is 9.17. The summed E-state index contributed by atoms with van der Waals surface area (Å²) in [5.74, 6) is 1.19. The zero-order chi connectivity index (χ0) is 24.9. The van der Waals surface area contributed by atoms with Crippen LogP contribution in [0.1, 0.15) is 32.5 Å². The highest BCUT2D eigenvalue weighted by Crippen LogP contribution is 2.37. The van der Waals surface area contributed by atoms with E-state index in [2.05, 4.69) is 35.6 Å². The van der Waals surface area contributed by atoms with Gasteiger partial charge in [-0.25, -0.2) is 18.7 Å². The molecule has 0 radical (unpaired) electrons. The molecule has 0 atom stereocenters. The van der Waals surface area contributed by atoms with Crippen LogP contribution in [0.2, 0.25) is 0 Å². The summed E-state index contributed by atoms with van der Waals surface area (Å²) in [6.45, 7) is 4.72. The number of H-pyrrole nitrogens is 1. The van der Waals surface area contributed by atoms with Crippen molar-refractivity contribution >= 4 is 34.1 Å². The molecule has 35 heavy (non-hydrogen) atoms. The van der Waals surface area contributed by atoms with Gasteiger partial charge in [0, 0.05) is 30.3 Å². The van der Waals surface area contributed by atoms with Crippen molar-refractivity contribution in [1.82, 2.24) is 34.8 Å². The van der Waals surface area contributed by atoms with Crippen LogP contribution in [-0.4, -0.2) is 60.5 Å². The molecular formula is C23H26F2N8O2. The van der Waals surface area contributed by atoms with Crippen molar-refractivity contribution in [3.05, 3.63) is 24.2 Å². The molecule has 4 aromatic heterocycles. The van der Waals surface area contributed by atoms with Crippen LogP contribution in [-0.2, 0) is 11.3 Å². The molecule has 0 aliphatic heterocycles. The van der Waals surface area contributed by atoms with Gasteiger partial charge in [-0.1, -0.05) is 0 Å². The molecule has 1 amide bonds. The van der Waals surface area contributed by atoms with Gasteiger partial charge in [0.05, 0.1) is 24.7 Å². The number of anilines is 1. The number of alkyl halides is 2. The molecule has 10 nitrogen and oxygen atoms in total. The first-order valence-electron chi connectivity index (χ1n) is 11.3. The van der Waals surface area contributed by atoms with Gasteiger partial charge in [-0.05, 0) is 38.8 Å². The first-order chi connectivity index (χ1) is 16.7. The van der Waals surface area contributed by atoms with Crippen LogP contribution in [0.15, 0.2) is 18.3 Å². The number of pyridine rings is 1. The maximum Gasteiger partial charge on any atom is 0.256 e. The van der Waals surface area contributed by atoms with Gasteiger partial charge in [0.15, 0.2) is 5.65 Å². The maximum atomic E-state index is 13.1. The number of aromatic amines is 1. The summed E-state index contributed by atoms with van der Waals surface area (Å²) in [5, 5.41) is 6.91. The van der Waals surface area contributed by atoms with Crippen LogP contribution >= 0.6 is 0 Å². The van der Waals surface area contributed by atoms with Gasteiger partial charge in [0.2, 0.25) is 17.7 Å². The second-order valence-electron chi connectivity index (χ2n) is 9.17. The Balaban J connectivity index is 1.47. The fourth-order valence-corrected chi connectivity index (χ4v) is 4.88. The molecule has 0 spiro atoms. The van der Waals surface area contributed by atoms with Crippen molar-refractivity contribution < 1.29 is 18.3 Å². The average molecular weight is 485 g/mol. The van der Waals surface area contributed by atoms with Gasteiger partial charge in [-0.2, -0.15) is 9.97 Å². The highest BCUT2D eigenvalue weighted by atomic mass is 19.3. The number of aryl methyl sites for hydroxylation is 1. The minimum atomic E-state index is -2.52. The Labute approximate surface area is 199 Å². The van der Waals surface area contributed by atoms with Crippen LogP contribution < -0.4 is 15.4 Å². The minimum Gasteiger partial charge on any atom is -0.480 e. The third-order valence-electron chi connectivity index (χ3n) is 6.28. The molecule has 0 bridgehead atoms. The Morgan fingerprint density at radius 2 is 2.06 bits per heavy atom. The lowest BCUT2D eigenvalue weighted by Gasteiger charge is -2.45. The summed E-state index contributed by atoms with van der Waals surface area (Å²) in [7, 11) is 1.53. The molecule has 1 aliphatic carbocycles. The van der Waals surface area contributed by atoms with Crippen LogP contribution in [0, 0.1) is 6.92 Å². The number of methoxy groups -OCH3 is 1. The molecule has 0 aromatic carbocycles. The number of halogens is 2. The van der Waals surface area contributed by atoms with E-state index in [0.29, 0.717) is 51.1 Å². The Bertz CT molecular complexity index is 1420. The fourth-order valence-electron chi connectivity index (χ4n) is 4.88. The number of carbonyl (C=O) groups is 1. The summed E-state index contributed by atoms with van der Waals surface area (Å²) in [4.78, 5) is 32.6. The number of imidazole rings is 1. The van der Waals surface area contributed by atoms with E-state index in [4.69, 9.17) is 4.74 Å². The Morgan fingerprint density at radius 1 is 1.29 bits per heavy atom. The summed E-state index contributed by atoms with van der Waals surface area (Å²) in [6, 6.07) is 3.66. The lowest BCUT2D eigenvalue weighted by Crippen LogP contribution is -2.59. The number of carbonyl (C=O) groups excluding carboxylic acids is 1. The van der Waals surface area contributed by atoms with Crippen molar-refractivity contribution in [2.75, 3.05) is 12.4 Å². The fraction of sp³-hybridized carbons (Fsp3) is 0.435. The molecule has 5 rings (SSSR count). The molecular weight excluding hydrogens is 458 g/mol. The average Bonchev–Trinajstić information content (AvgIpc) is 3.32. The first-order valence-corrected chi connectivity index (χ1v) is 11.3. The van der Waals surface area contributed by atoms with Gasteiger partial charge in [-0.3, -0.25) is 4.79 Å². The Hall–Kier alpha value is -3.83. The molecule has 0 saturated heterocycles. The van der Waals surface area contributed by atoms with E-state index in [1.807, 2.05) is 6.92 Å². The predicted octanol–water partition coefficient (Wildman–Crippen LogP) is 3.42. The molecule has 12 heteroatoms. The highest BCUT2D eigenvalue weighted by molar-refractivity contribution is 5.97. The summed E-state index contributed by atoms with van der Waals surface area (Å²) in [5.41, 5.74) is 2.50. The van der Waals surface area contributed by atoms with E-state index in [1.165, 1.54) is 18.6 Å². The van der Waals surface area contributed by atoms with Gasteiger partial charge in [-0.15, -0.1) is 0 Å². The van der Waals surface area contributed by atoms with Gasteiger partial charge in [0.25, 0.3) is 6.43 Å². The largest absolute Gasteiger partial charge is 0.480 e. The topological polar surface area (TPSA) is 123 Å². The summed E-state index contributed by atoms with van der Waals surface area (Å²) >= 11 is 0. The first kappa shape index (κ1) is 22.9. The predicted molar refractivity (Wildman–Crippen MR) is 127 cm³/mol. The number of fused-ring (bicyclic) bond motifs is 2. The van der Waals surface area contributed by atoms with E-state index in [9.17, 15) is 13.6 Å². The summed E-state index contributed by atoms with van der Waals surface area (Å²) in [6.07, 6.45) is 0.734. The van der Waals surface area contributed by atoms with Gasteiger partial charge < -0.3 is 24.9 Å². The van der Waals surface area contributed by atoms with Crippen LogP contribution in [0.25, 0.3) is 33.5 Å². The number of rotatable bonds is 7. The maximum absolute atomic E-state index is 13.1. The van der Waals surface area contributed by atoms with Crippen molar-refractivity contribution in [3.8, 4) is 17.1 Å². The van der Waals surface area contributed by atoms with E-state index in [1.54, 1.807) is 25.3 Å². The lowest BCUT2D eigenvalue weighted by atomic mass is 9.74. The molecule has 1 aliphatic rings. The minimum absolute atomic E-state index is 0.0524. The van der Waals surface area contributed by atoms with E-state index < -0.39 is 13.0 Å². The molecule has 0 unspecified atom stereocenters. The van der Waals surface area contributed by atoms with Crippen molar-refractivity contribution in [1.29, 1.82) is 0 Å². The molecule has 1 fully saturated rings.